The molecular formula is C12H18N4OS. The lowest BCUT2D eigenvalue weighted by Crippen LogP contribution is -2.27. The van der Waals surface area contributed by atoms with Crippen LogP contribution in [0.4, 0.5) is 0 Å². The Labute approximate surface area is 111 Å². The normalized spacial score (nSPS) is 12.8. The topological polar surface area (TPSA) is 63.8 Å². The first-order chi connectivity index (χ1) is 8.79. The summed E-state index contributed by atoms with van der Waals surface area (Å²) in [4.78, 5) is 8.50. The van der Waals surface area contributed by atoms with Crippen LogP contribution in [0.5, 0.6) is 0 Å². The molecule has 2 heterocycles. The first-order valence-corrected chi connectivity index (χ1v) is 7.18. The molecule has 2 rings (SSSR count). The molecule has 5 nitrogen and oxygen atoms in total. The average molecular weight is 266 g/mol. The monoisotopic (exact) mass is 266 g/mol. The number of aromatic nitrogens is 3. The predicted molar refractivity (Wildman–Crippen MR) is 71.5 cm³/mol. The molecule has 0 aromatic carbocycles. The second-order valence-electron chi connectivity index (χ2n) is 4.28. The summed E-state index contributed by atoms with van der Waals surface area (Å²) in [7, 11) is 0. The van der Waals surface area contributed by atoms with E-state index in [1.54, 1.807) is 5.51 Å². The van der Waals surface area contributed by atoms with Gasteiger partial charge in [0.2, 0.25) is 11.7 Å². The molecule has 0 aliphatic rings. The number of hydrogen-bond donors (Lipinski definition) is 1. The van der Waals surface area contributed by atoms with Gasteiger partial charge in [-0.15, -0.1) is 11.3 Å². The van der Waals surface area contributed by atoms with Crippen molar-refractivity contribution in [2.45, 2.75) is 39.2 Å². The summed E-state index contributed by atoms with van der Waals surface area (Å²) >= 11 is 1.53. The standard InChI is InChI=1S/C12H18N4OS/c1-3-6-13-9(2)4-5-11-15-12(16-17-11)10-7-18-8-14-10/h7-9,13H,3-6H2,1-2H3. The zero-order chi connectivity index (χ0) is 12.8. The predicted octanol–water partition coefficient (Wildman–Crippen LogP) is 2.51. The largest absolute Gasteiger partial charge is 0.339 e. The lowest BCUT2D eigenvalue weighted by molar-refractivity contribution is 0.367. The van der Waals surface area contributed by atoms with Gasteiger partial charge < -0.3 is 9.84 Å². The number of aryl methyl sites for hydroxylation is 1. The van der Waals surface area contributed by atoms with E-state index in [0.717, 1.165) is 31.5 Å². The number of nitrogens with zero attached hydrogens (tertiary/aromatic N) is 3. The molecule has 0 aliphatic heterocycles. The van der Waals surface area contributed by atoms with Crippen molar-refractivity contribution in [2.24, 2.45) is 0 Å². The molecule has 2 aromatic rings. The van der Waals surface area contributed by atoms with Crippen LogP contribution in [0.1, 0.15) is 32.6 Å². The Balaban J connectivity index is 1.84. The van der Waals surface area contributed by atoms with Crippen molar-refractivity contribution in [1.82, 2.24) is 20.4 Å². The van der Waals surface area contributed by atoms with Gasteiger partial charge in [0.1, 0.15) is 5.69 Å². The van der Waals surface area contributed by atoms with Gasteiger partial charge in [0.25, 0.3) is 0 Å². The van der Waals surface area contributed by atoms with Gasteiger partial charge in [-0.05, 0) is 26.3 Å². The Morgan fingerprint density at radius 3 is 3.11 bits per heavy atom. The summed E-state index contributed by atoms with van der Waals surface area (Å²) in [5, 5.41) is 9.29. The summed E-state index contributed by atoms with van der Waals surface area (Å²) in [6.45, 7) is 5.39. The molecule has 1 unspecified atom stereocenters. The second kappa shape index (κ2) is 6.61. The van der Waals surface area contributed by atoms with Crippen LogP contribution in [0.15, 0.2) is 15.4 Å². The fourth-order valence-corrected chi connectivity index (χ4v) is 2.15. The minimum atomic E-state index is 0.472. The van der Waals surface area contributed by atoms with Crippen molar-refractivity contribution in [3.63, 3.8) is 0 Å². The van der Waals surface area contributed by atoms with Gasteiger partial charge in [0, 0.05) is 17.8 Å². The highest BCUT2D eigenvalue weighted by Gasteiger charge is 2.11. The van der Waals surface area contributed by atoms with Gasteiger partial charge >= 0.3 is 0 Å². The molecule has 0 amide bonds. The minimum absolute atomic E-state index is 0.472. The molecule has 0 saturated heterocycles. The second-order valence-corrected chi connectivity index (χ2v) is 5.00. The number of hydrogen-bond acceptors (Lipinski definition) is 6. The van der Waals surface area contributed by atoms with Gasteiger partial charge in [0.05, 0.1) is 5.51 Å². The van der Waals surface area contributed by atoms with Crippen LogP contribution in [0.3, 0.4) is 0 Å². The summed E-state index contributed by atoms with van der Waals surface area (Å²) in [5.41, 5.74) is 2.55. The van der Waals surface area contributed by atoms with Crippen molar-refractivity contribution in [3.05, 3.63) is 16.8 Å². The molecule has 0 bridgehead atoms. The highest BCUT2D eigenvalue weighted by atomic mass is 32.1. The van der Waals surface area contributed by atoms with Crippen LogP contribution in [0.2, 0.25) is 0 Å². The molecule has 2 aromatic heterocycles. The molecule has 6 heteroatoms. The van der Waals surface area contributed by atoms with Crippen molar-refractivity contribution < 1.29 is 4.52 Å². The quantitative estimate of drug-likeness (QED) is 0.834. The van der Waals surface area contributed by atoms with Crippen LogP contribution in [0.25, 0.3) is 11.5 Å². The Hall–Kier alpha value is -1.27. The summed E-state index contributed by atoms with van der Waals surface area (Å²) in [6, 6.07) is 0.472. The maximum absolute atomic E-state index is 5.22. The maximum atomic E-state index is 5.22. The minimum Gasteiger partial charge on any atom is -0.339 e. The van der Waals surface area contributed by atoms with Crippen molar-refractivity contribution in [1.29, 1.82) is 0 Å². The van der Waals surface area contributed by atoms with E-state index >= 15 is 0 Å². The smallest absolute Gasteiger partial charge is 0.227 e. The fraction of sp³-hybridized carbons (Fsp3) is 0.583. The van der Waals surface area contributed by atoms with E-state index in [2.05, 4.69) is 34.3 Å². The van der Waals surface area contributed by atoms with Crippen LogP contribution in [0, 0.1) is 0 Å². The molecule has 98 valence electrons. The Kier molecular flexibility index (Phi) is 4.83. The van der Waals surface area contributed by atoms with E-state index in [-0.39, 0.29) is 0 Å². The first-order valence-electron chi connectivity index (χ1n) is 6.24. The summed E-state index contributed by atoms with van der Waals surface area (Å²) in [6.07, 6.45) is 2.95. The summed E-state index contributed by atoms with van der Waals surface area (Å²) < 4.78 is 5.22. The summed E-state index contributed by atoms with van der Waals surface area (Å²) in [5.74, 6) is 1.27. The number of thiazole rings is 1. The van der Waals surface area contributed by atoms with Gasteiger partial charge in [0.15, 0.2) is 0 Å². The lowest BCUT2D eigenvalue weighted by atomic mass is 10.2. The lowest BCUT2D eigenvalue weighted by Gasteiger charge is -2.10. The SMILES string of the molecule is CCCNC(C)CCc1nc(-c2cscn2)no1. The Morgan fingerprint density at radius 1 is 1.50 bits per heavy atom. The molecule has 0 radical (unpaired) electrons. The van der Waals surface area contributed by atoms with Crippen LogP contribution in [-0.4, -0.2) is 27.7 Å². The van der Waals surface area contributed by atoms with E-state index in [0.29, 0.717) is 17.8 Å². The van der Waals surface area contributed by atoms with E-state index < -0.39 is 0 Å². The highest BCUT2D eigenvalue weighted by Crippen LogP contribution is 2.15. The molecule has 0 fully saturated rings. The molecular weight excluding hydrogens is 248 g/mol. The third-order valence-electron chi connectivity index (χ3n) is 2.66. The molecule has 18 heavy (non-hydrogen) atoms. The number of nitrogens with one attached hydrogen (secondary N) is 1. The molecule has 0 saturated carbocycles. The molecule has 1 N–H and O–H groups in total. The fourth-order valence-electron chi connectivity index (χ4n) is 1.62. The van der Waals surface area contributed by atoms with Gasteiger partial charge in [-0.3, -0.25) is 0 Å². The van der Waals surface area contributed by atoms with Crippen molar-refractivity contribution in [3.8, 4) is 11.5 Å². The van der Waals surface area contributed by atoms with Gasteiger partial charge in [-0.2, -0.15) is 4.98 Å². The molecule has 0 spiro atoms. The average Bonchev–Trinajstić information content (AvgIpc) is 3.03. The maximum Gasteiger partial charge on any atom is 0.227 e. The van der Waals surface area contributed by atoms with Crippen LogP contribution < -0.4 is 5.32 Å². The van der Waals surface area contributed by atoms with E-state index in [4.69, 9.17) is 4.52 Å². The first kappa shape index (κ1) is 13.2. The van der Waals surface area contributed by atoms with Crippen LogP contribution >= 0.6 is 11.3 Å². The van der Waals surface area contributed by atoms with E-state index in [1.165, 1.54) is 11.3 Å². The molecule has 1 atom stereocenters. The zero-order valence-corrected chi connectivity index (χ0v) is 11.5. The van der Waals surface area contributed by atoms with Gasteiger partial charge in [-0.25, -0.2) is 4.98 Å². The third-order valence-corrected chi connectivity index (χ3v) is 3.25. The third kappa shape index (κ3) is 3.61. The van der Waals surface area contributed by atoms with E-state index in [9.17, 15) is 0 Å². The van der Waals surface area contributed by atoms with Gasteiger partial charge in [-0.1, -0.05) is 12.1 Å². The van der Waals surface area contributed by atoms with E-state index in [1.807, 2.05) is 5.38 Å². The number of rotatable bonds is 7. The zero-order valence-electron chi connectivity index (χ0n) is 10.7. The molecule has 0 aliphatic carbocycles. The Morgan fingerprint density at radius 2 is 2.39 bits per heavy atom. The van der Waals surface area contributed by atoms with Crippen molar-refractivity contribution in [2.75, 3.05) is 6.54 Å². The highest BCUT2D eigenvalue weighted by molar-refractivity contribution is 7.07. The van der Waals surface area contributed by atoms with Crippen LogP contribution in [-0.2, 0) is 6.42 Å². The van der Waals surface area contributed by atoms with Crippen molar-refractivity contribution >= 4 is 11.3 Å². The Bertz CT molecular complexity index is 454.